The quantitative estimate of drug-likeness (QED) is 0.806. The Hall–Kier alpha value is -2.15. The maximum absolute atomic E-state index is 12.7. The van der Waals surface area contributed by atoms with Crippen molar-refractivity contribution in [3.8, 4) is 0 Å². The minimum absolute atomic E-state index is 0.00240. The van der Waals surface area contributed by atoms with Crippen LogP contribution in [-0.2, 0) is 9.59 Å². The standard InChI is InChI=1S/C22H32N4O3/c1-15(2)22(29)23-11-19-17-10-16(18-6-5-7-20(27)26(18)19)12-24(13-17)14-21(28)25-8-3-4-9-25/h5-7,15-17,19H,3-4,8-14H2,1-2H3,(H,23,29)/t16-,17+,19+/m1/s1. The third kappa shape index (κ3) is 4.10. The van der Waals surface area contributed by atoms with Crippen LogP contribution in [0.4, 0.5) is 0 Å². The zero-order valence-corrected chi connectivity index (χ0v) is 17.5. The molecule has 4 heterocycles. The topological polar surface area (TPSA) is 74.7 Å². The molecule has 0 saturated carbocycles. The lowest BCUT2D eigenvalue weighted by Gasteiger charge is -2.47. The fraction of sp³-hybridized carbons (Fsp3) is 0.682. The van der Waals surface area contributed by atoms with Crippen LogP contribution in [0.15, 0.2) is 23.0 Å². The monoisotopic (exact) mass is 400 g/mol. The van der Waals surface area contributed by atoms with Crippen LogP contribution in [0.25, 0.3) is 0 Å². The molecule has 4 rings (SSSR count). The van der Waals surface area contributed by atoms with Gasteiger partial charge >= 0.3 is 0 Å². The van der Waals surface area contributed by atoms with Crippen LogP contribution in [0.3, 0.4) is 0 Å². The van der Waals surface area contributed by atoms with Gasteiger partial charge in [-0.05, 0) is 31.2 Å². The van der Waals surface area contributed by atoms with Crippen molar-refractivity contribution < 1.29 is 9.59 Å². The fourth-order valence-electron chi connectivity index (χ4n) is 5.19. The second kappa shape index (κ2) is 8.30. The molecule has 1 aromatic heterocycles. The normalized spacial score (nSPS) is 26.4. The van der Waals surface area contributed by atoms with E-state index in [9.17, 15) is 14.4 Å². The van der Waals surface area contributed by atoms with E-state index < -0.39 is 0 Å². The molecule has 2 amide bonds. The number of piperidine rings is 1. The van der Waals surface area contributed by atoms with E-state index in [1.165, 1.54) is 0 Å². The predicted octanol–water partition coefficient (Wildman–Crippen LogP) is 1.20. The third-order valence-corrected chi connectivity index (χ3v) is 6.70. The minimum atomic E-state index is -0.0840. The van der Waals surface area contributed by atoms with Gasteiger partial charge in [0.2, 0.25) is 11.8 Å². The molecule has 2 saturated heterocycles. The Labute approximate surface area is 172 Å². The van der Waals surface area contributed by atoms with Gasteiger partial charge in [-0.2, -0.15) is 0 Å². The highest BCUT2D eigenvalue weighted by atomic mass is 16.2. The number of hydrogen-bond donors (Lipinski definition) is 1. The summed E-state index contributed by atoms with van der Waals surface area (Å²) in [5.74, 6) is 0.651. The van der Waals surface area contributed by atoms with Crippen LogP contribution in [0.2, 0.25) is 0 Å². The first-order chi connectivity index (χ1) is 13.9. The molecule has 7 nitrogen and oxygen atoms in total. The summed E-state index contributed by atoms with van der Waals surface area (Å²) in [6, 6.07) is 5.40. The Morgan fingerprint density at radius 3 is 2.66 bits per heavy atom. The highest BCUT2D eigenvalue weighted by Gasteiger charge is 2.41. The molecule has 158 valence electrons. The van der Waals surface area contributed by atoms with Gasteiger partial charge in [0, 0.05) is 56.3 Å². The lowest BCUT2D eigenvalue weighted by atomic mass is 9.78. The smallest absolute Gasteiger partial charge is 0.251 e. The summed E-state index contributed by atoms with van der Waals surface area (Å²) in [6.45, 7) is 8.01. The molecular weight excluding hydrogens is 368 g/mol. The van der Waals surface area contributed by atoms with Gasteiger partial charge in [-0.15, -0.1) is 0 Å². The largest absolute Gasteiger partial charge is 0.354 e. The molecule has 2 fully saturated rings. The molecule has 0 radical (unpaired) electrons. The number of carbonyl (C=O) groups excluding carboxylic acids is 2. The summed E-state index contributed by atoms with van der Waals surface area (Å²) < 4.78 is 1.90. The number of nitrogens with zero attached hydrogens (tertiary/aromatic N) is 3. The second-order valence-corrected chi connectivity index (χ2v) is 9.10. The fourth-order valence-corrected chi connectivity index (χ4v) is 5.19. The van der Waals surface area contributed by atoms with E-state index in [1.54, 1.807) is 6.07 Å². The second-order valence-electron chi connectivity index (χ2n) is 9.10. The van der Waals surface area contributed by atoms with Gasteiger partial charge in [0.1, 0.15) is 0 Å². The van der Waals surface area contributed by atoms with Crippen LogP contribution >= 0.6 is 0 Å². The van der Waals surface area contributed by atoms with Crippen molar-refractivity contribution >= 4 is 11.8 Å². The molecule has 3 aliphatic heterocycles. The maximum Gasteiger partial charge on any atom is 0.251 e. The van der Waals surface area contributed by atoms with E-state index in [4.69, 9.17) is 0 Å². The number of rotatable bonds is 5. The number of hydrogen-bond acceptors (Lipinski definition) is 4. The van der Waals surface area contributed by atoms with Crippen molar-refractivity contribution in [1.82, 2.24) is 19.7 Å². The first-order valence-corrected chi connectivity index (χ1v) is 10.9. The third-order valence-electron chi connectivity index (χ3n) is 6.70. The number of carbonyl (C=O) groups is 2. The first kappa shape index (κ1) is 20.1. The lowest BCUT2D eigenvalue weighted by molar-refractivity contribution is -0.132. The molecule has 0 unspecified atom stereocenters. The Morgan fingerprint density at radius 2 is 1.93 bits per heavy atom. The van der Waals surface area contributed by atoms with Crippen molar-refractivity contribution in [2.45, 2.75) is 45.1 Å². The Bertz CT molecular complexity index is 828. The van der Waals surface area contributed by atoms with Gasteiger partial charge in [0.15, 0.2) is 0 Å². The average molecular weight is 401 g/mol. The Kier molecular flexibility index (Phi) is 5.76. The van der Waals surface area contributed by atoms with Crippen molar-refractivity contribution in [2.75, 3.05) is 39.3 Å². The molecule has 2 bridgehead atoms. The number of pyridine rings is 1. The molecule has 0 aliphatic carbocycles. The van der Waals surface area contributed by atoms with E-state index in [0.717, 1.165) is 51.1 Å². The van der Waals surface area contributed by atoms with Crippen molar-refractivity contribution in [3.63, 3.8) is 0 Å². The molecule has 3 atom stereocenters. The predicted molar refractivity (Wildman–Crippen MR) is 111 cm³/mol. The van der Waals surface area contributed by atoms with Crippen LogP contribution < -0.4 is 10.9 Å². The van der Waals surface area contributed by atoms with Gasteiger partial charge in [-0.25, -0.2) is 0 Å². The molecule has 3 aliphatic rings. The molecular formula is C22H32N4O3. The van der Waals surface area contributed by atoms with Crippen molar-refractivity contribution in [1.29, 1.82) is 0 Å². The van der Waals surface area contributed by atoms with E-state index in [0.29, 0.717) is 13.1 Å². The van der Waals surface area contributed by atoms with E-state index in [-0.39, 0.29) is 41.2 Å². The number of likely N-dealkylation sites (tertiary alicyclic amines) is 2. The number of aromatic nitrogens is 1. The van der Waals surface area contributed by atoms with E-state index in [1.807, 2.05) is 35.4 Å². The van der Waals surface area contributed by atoms with E-state index >= 15 is 0 Å². The zero-order chi connectivity index (χ0) is 20.5. The summed E-state index contributed by atoms with van der Waals surface area (Å²) >= 11 is 0. The highest BCUT2D eigenvalue weighted by Crippen LogP contribution is 2.40. The maximum atomic E-state index is 12.7. The highest BCUT2D eigenvalue weighted by molar-refractivity contribution is 5.78. The zero-order valence-electron chi connectivity index (χ0n) is 17.5. The minimum Gasteiger partial charge on any atom is -0.354 e. The van der Waals surface area contributed by atoms with Gasteiger partial charge in [0.25, 0.3) is 5.56 Å². The van der Waals surface area contributed by atoms with Gasteiger partial charge in [0.05, 0.1) is 12.6 Å². The summed E-state index contributed by atoms with van der Waals surface area (Å²) in [6.07, 6.45) is 3.20. The first-order valence-electron chi connectivity index (χ1n) is 10.9. The van der Waals surface area contributed by atoms with Crippen molar-refractivity contribution in [3.05, 3.63) is 34.2 Å². The Balaban J connectivity index is 1.54. The molecule has 1 N–H and O–H groups in total. The molecule has 1 aromatic rings. The SMILES string of the molecule is CC(C)C(=O)NC[C@H]1[C@H]2C[C@H](CN(CC(=O)N3CCCC3)C2)c2cccc(=O)n21. The van der Waals surface area contributed by atoms with Crippen LogP contribution in [0.5, 0.6) is 0 Å². The number of nitrogens with one attached hydrogen (secondary N) is 1. The molecule has 0 aromatic carbocycles. The van der Waals surface area contributed by atoms with Crippen LogP contribution in [0.1, 0.15) is 50.8 Å². The Morgan fingerprint density at radius 1 is 1.17 bits per heavy atom. The van der Waals surface area contributed by atoms with Crippen LogP contribution in [-0.4, -0.2) is 65.4 Å². The van der Waals surface area contributed by atoms with Crippen molar-refractivity contribution in [2.24, 2.45) is 11.8 Å². The summed E-state index contributed by atoms with van der Waals surface area (Å²) in [4.78, 5) is 41.8. The van der Waals surface area contributed by atoms with Gasteiger partial charge in [-0.1, -0.05) is 19.9 Å². The lowest BCUT2D eigenvalue weighted by Crippen LogP contribution is -2.53. The van der Waals surface area contributed by atoms with Gasteiger partial charge in [-0.3, -0.25) is 19.3 Å². The molecule has 0 spiro atoms. The summed E-state index contributed by atoms with van der Waals surface area (Å²) in [5, 5.41) is 3.03. The number of amides is 2. The summed E-state index contributed by atoms with van der Waals surface area (Å²) in [7, 11) is 0. The van der Waals surface area contributed by atoms with Gasteiger partial charge < -0.3 is 14.8 Å². The molecule has 29 heavy (non-hydrogen) atoms. The molecule has 7 heteroatoms. The van der Waals surface area contributed by atoms with E-state index in [2.05, 4.69) is 10.2 Å². The average Bonchev–Trinajstić information content (AvgIpc) is 3.23. The number of fused-ring (bicyclic) bond motifs is 4. The summed E-state index contributed by atoms with van der Waals surface area (Å²) in [5.41, 5.74) is 1.04. The van der Waals surface area contributed by atoms with Crippen LogP contribution in [0, 0.1) is 11.8 Å².